The minimum atomic E-state index is -0.328. The lowest BCUT2D eigenvalue weighted by Crippen LogP contribution is -2.45. The van der Waals surface area contributed by atoms with E-state index in [0.29, 0.717) is 25.2 Å². The van der Waals surface area contributed by atoms with Crippen LogP contribution in [0.3, 0.4) is 0 Å². The molecule has 0 saturated carbocycles. The van der Waals surface area contributed by atoms with Gasteiger partial charge in [-0.1, -0.05) is 48.5 Å². The Morgan fingerprint density at radius 2 is 1.44 bits per heavy atom. The van der Waals surface area contributed by atoms with Gasteiger partial charge in [0.25, 0.3) is 0 Å². The van der Waals surface area contributed by atoms with Crippen LogP contribution in [-0.2, 0) is 16.0 Å². The number of rotatable bonds is 10. The van der Waals surface area contributed by atoms with Crippen molar-refractivity contribution in [1.29, 1.82) is 0 Å². The molecule has 0 radical (unpaired) electrons. The Bertz CT molecular complexity index is 663. The predicted octanol–water partition coefficient (Wildman–Crippen LogP) is 4.34. The van der Waals surface area contributed by atoms with Gasteiger partial charge in [-0.3, -0.25) is 9.69 Å². The molecule has 1 atom stereocenters. The van der Waals surface area contributed by atoms with Crippen molar-refractivity contribution >= 4 is 5.97 Å². The van der Waals surface area contributed by atoms with Crippen molar-refractivity contribution < 1.29 is 14.3 Å². The van der Waals surface area contributed by atoms with E-state index in [0.717, 1.165) is 11.3 Å². The molecule has 0 saturated heterocycles. The summed E-state index contributed by atoms with van der Waals surface area (Å²) in [6.45, 7) is 9.59. The summed E-state index contributed by atoms with van der Waals surface area (Å²) in [4.78, 5) is 14.8. The van der Waals surface area contributed by atoms with E-state index >= 15 is 0 Å². The van der Waals surface area contributed by atoms with Crippen molar-refractivity contribution in [3.63, 3.8) is 0 Å². The molecule has 0 spiro atoms. The smallest absolute Gasteiger partial charge is 0.310 e. The Hall–Kier alpha value is -2.33. The van der Waals surface area contributed by atoms with Crippen LogP contribution in [0.15, 0.2) is 60.7 Å². The second-order valence-electron chi connectivity index (χ2n) is 7.28. The van der Waals surface area contributed by atoms with Gasteiger partial charge in [-0.2, -0.15) is 0 Å². The number of ether oxygens (including phenoxy) is 2. The number of benzene rings is 2. The number of para-hydroxylation sites is 1. The van der Waals surface area contributed by atoms with Crippen LogP contribution >= 0.6 is 0 Å². The number of hydrogen-bond donors (Lipinski definition) is 0. The van der Waals surface area contributed by atoms with Crippen LogP contribution in [0.4, 0.5) is 0 Å². The van der Waals surface area contributed by atoms with Crippen LogP contribution < -0.4 is 4.74 Å². The van der Waals surface area contributed by atoms with Gasteiger partial charge in [0.15, 0.2) is 0 Å². The summed E-state index contributed by atoms with van der Waals surface area (Å²) in [6, 6.07) is 20.0. The standard InChI is InChI=1S/C23H31NO3/c1-18(2)24(19(3)4)16-22(17-26-21-13-9-6-10-14-21)27-23(25)15-20-11-7-5-8-12-20/h5-14,18-19,22H,15-17H2,1-4H3/t22-/m0/s1. The first-order valence-corrected chi connectivity index (χ1v) is 9.62. The molecule has 0 heterocycles. The highest BCUT2D eigenvalue weighted by Gasteiger charge is 2.23. The largest absolute Gasteiger partial charge is 0.490 e. The number of nitrogens with zero attached hydrogens (tertiary/aromatic N) is 1. The van der Waals surface area contributed by atoms with E-state index in [1.54, 1.807) is 0 Å². The van der Waals surface area contributed by atoms with Crippen LogP contribution in [-0.4, -0.2) is 42.2 Å². The molecule has 4 heteroatoms. The first-order valence-electron chi connectivity index (χ1n) is 9.62. The highest BCUT2D eigenvalue weighted by molar-refractivity contribution is 5.72. The van der Waals surface area contributed by atoms with Gasteiger partial charge >= 0.3 is 5.97 Å². The molecule has 0 N–H and O–H groups in total. The summed E-state index contributed by atoms with van der Waals surface area (Å²) in [6.07, 6.45) is -0.0577. The maximum absolute atomic E-state index is 12.5. The quantitative estimate of drug-likeness (QED) is 0.584. The summed E-state index contributed by atoms with van der Waals surface area (Å²) in [7, 11) is 0. The third kappa shape index (κ3) is 7.43. The van der Waals surface area contributed by atoms with Crippen molar-refractivity contribution in [2.75, 3.05) is 13.2 Å². The molecule has 0 aliphatic rings. The number of carbonyl (C=O) groups excluding carboxylic acids is 1. The van der Waals surface area contributed by atoms with Crippen molar-refractivity contribution in [1.82, 2.24) is 4.90 Å². The number of carbonyl (C=O) groups is 1. The molecule has 2 rings (SSSR count). The Morgan fingerprint density at radius 1 is 0.889 bits per heavy atom. The maximum Gasteiger partial charge on any atom is 0.310 e. The molecule has 27 heavy (non-hydrogen) atoms. The van der Waals surface area contributed by atoms with E-state index in [1.165, 1.54) is 0 Å². The van der Waals surface area contributed by atoms with Crippen molar-refractivity contribution in [2.45, 2.75) is 52.3 Å². The van der Waals surface area contributed by atoms with Crippen LogP contribution in [0.2, 0.25) is 0 Å². The fraction of sp³-hybridized carbons (Fsp3) is 0.435. The van der Waals surface area contributed by atoms with E-state index in [2.05, 4.69) is 32.6 Å². The predicted molar refractivity (Wildman–Crippen MR) is 109 cm³/mol. The highest BCUT2D eigenvalue weighted by atomic mass is 16.6. The summed E-state index contributed by atoms with van der Waals surface area (Å²) in [5, 5.41) is 0. The van der Waals surface area contributed by atoms with Gasteiger partial charge in [0.1, 0.15) is 18.5 Å². The molecule has 0 unspecified atom stereocenters. The average Bonchev–Trinajstić information content (AvgIpc) is 2.65. The number of esters is 1. The van der Waals surface area contributed by atoms with Crippen LogP contribution in [0.1, 0.15) is 33.3 Å². The van der Waals surface area contributed by atoms with Crippen LogP contribution in [0.5, 0.6) is 5.75 Å². The zero-order valence-corrected chi connectivity index (χ0v) is 16.8. The van der Waals surface area contributed by atoms with Gasteiger partial charge in [-0.05, 0) is 45.4 Å². The summed E-state index contributed by atoms with van der Waals surface area (Å²) in [5.74, 6) is 0.553. The molecule has 2 aromatic carbocycles. The molecule has 0 fully saturated rings. The van der Waals surface area contributed by atoms with E-state index in [-0.39, 0.29) is 18.5 Å². The molecule has 0 aliphatic heterocycles. The fourth-order valence-corrected chi connectivity index (χ4v) is 3.07. The molecule has 146 valence electrons. The lowest BCUT2D eigenvalue weighted by molar-refractivity contribution is -0.151. The molecule has 4 nitrogen and oxygen atoms in total. The zero-order valence-electron chi connectivity index (χ0n) is 16.8. The highest BCUT2D eigenvalue weighted by Crippen LogP contribution is 2.13. The van der Waals surface area contributed by atoms with E-state index in [1.807, 2.05) is 60.7 Å². The Morgan fingerprint density at radius 3 is 2.00 bits per heavy atom. The summed E-state index contributed by atoms with van der Waals surface area (Å²) < 4.78 is 11.7. The first kappa shape index (κ1) is 21.0. The topological polar surface area (TPSA) is 38.8 Å². The van der Waals surface area contributed by atoms with Gasteiger partial charge < -0.3 is 9.47 Å². The van der Waals surface area contributed by atoms with Gasteiger partial charge in [-0.15, -0.1) is 0 Å². The van der Waals surface area contributed by atoms with E-state index < -0.39 is 0 Å². The van der Waals surface area contributed by atoms with Crippen LogP contribution in [0, 0.1) is 0 Å². The van der Waals surface area contributed by atoms with E-state index in [4.69, 9.17) is 9.47 Å². The third-order valence-corrected chi connectivity index (χ3v) is 4.41. The molecule has 0 aliphatic carbocycles. The second-order valence-corrected chi connectivity index (χ2v) is 7.28. The normalized spacial score (nSPS) is 12.4. The maximum atomic E-state index is 12.5. The summed E-state index contributed by atoms with van der Waals surface area (Å²) in [5.41, 5.74) is 0.954. The summed E-state index contributed by atoms with van der Waals surface area (Å²) >= 11 is 0. The van der Waals surface area contributed by atoms with Crippen molar-refractivity contribution in [2.24, 2.45) is 0 Å². The Labute approximate surface area is 163 Å². The zero-order chi connectivity index (χ0) is 19.6. The second kappa shape index (κ2) is 10.7. The minimum absolute atomic E-state index is 0.227. The molecular weight excluding hydrogens is 338 g/mol. The SMILES string of the molecule is CC(C)N(C[C@@H](COc1ccccc1)OC(=O)Cc1ccccc1)C(C)C. The third-order valence-electron chi connectivity index (χ3n) is 4.41. The monoisotopic (exact) mass is 369 g/mol. The van der Waals surface area contributed by atoms with Gasteiger partial charge in [0.2, 0.25) is 0 Å². The lowest BCUT2D eigenvalue weighted by atomic mass is 10.1. The van der Waals surface area contributed by atoms with Crippen LogP contribution in [0.25, 0.3) is 0 Å². The number of hydrogen-bond acceptors (Lipinski definition) is 4. The molecule has 2 aromatic rings. The Kier molecular flexibility index (Phi) is 8.34. The van der Waals surface area contributed by atoms with E-state index in [9.17, 15) is 4.79 Å². The average molecular weight is 370 g/mol. The van der Waals surface area contributed by atoms with Crippen molar-refractivity contribution in [3.8, 4) is 5.75 Å². The van der Waals surface area contributed by atoms with Gasteiger partial charge in [-0.25, -0.2) is 0 Å². The van der Waals surface area contributed by atoms with Crippen molar-refractivity contribution in [3.05, 3.63) is 66.2 Å². The van der Waals surface area contributed by atoms with Gasteiger partial charge in [0, 0.05) is 18.6 Å². The minimum Gasteiger partial charge on any atom is -0.490 e. The fourth-order valence-electron chi connectivity index (χ4n) is 3.07. The molecular formula is C23H31NO3. The molecule has 0 bridgehead atoms. The lowest BCUT2D eigenvalue weighted by Gasteiger charge is -2.33. The molecule has 0 amide bonds. The first-order chi connectivity index (χ1) is 13.0. The Balaban J connectivity index is 2.01. The van der Waals surface area contributed by atoms with Gasteiger partial charge in [0.05, 0.1) is 6.42 Å². The molecule has 0 aromatic heterocycles.